The molecule has 0 fully saturated rings. The third kappa shape index (κ3) is 2.79. The quantitative estimate of drug-likeness (QED) is 0.891. The molecule has 2 aromatic rings. The summed E-state index contributed by atoms with van der Waals surface area (Å²) < 4.78 is 1.08. The van der Waals surface area contributed by atoms with E-state index in [1.807, 2.05) is 11.3 Å². The molecule has 0 saturated heterocycles. The standard InChI is InChI=1S/C14H16BrNS/c1-3-11-6-7-13(17-11)14(16)12-8-10(15)5-4-9(12)2/h4-8,14H,3,16H2,1-2H3. The fraction of sp³-hybridized carbons (Fsp3) is 0.286. The smallest absolute Gasteiger partial charge is 0.0649 e. The van der Waals surface area contributed by atoms with Gasteiger partial charge in [0.2, 0.25) is 0 Å². The van der Waals surface area contributed by atoms with Crippen molar-refractivity contribution in [2.24, 2.45) is 5.73 Å². The summed E-state index contributed by atoms with van der Waals surface area (Å²) in [6.45, 7) is 4.28. The fourth-order valence-electron chi connectivity index (χ4n) is 1.85. The lowest BCUT2D eigenvalue weighted by atomic mass is 10.0. The highest BCUT2D eigenvalue weighted by atomic mass is 79.9. The van der Waals surface area contributed by atoms with Gasteiger partial charge in [0.05, 0.1) is 6.04 Å². The monoisotopic (exact) mass is 309 g/mol. The summed E-state index contributed by atoms with van der Waals surface area (Å²) in [7, 11) is 0. The highest BCUT2D eigenvalue weighted by molar-refractivity contribution is 9.10. The van der Waals surface area contributed by atoms with E-state index in [1.165, 1.54) is 20.9 Å². The molecule has 2 N–H and O–H groups in total. The molecule has 1 unspecified atom stereocenters. The van der Waals surface area contributed by atoms with E-state index < -0.39 is 0 Å². The van der Waals surface area contributed by atoms with Gasteiger partial charge in [0, 0.05) is 14.2 Å². The van der Waals surface area contributed by atoms with Crippen molar-refractivity contribution >= 4 is 27.3 Å². The van der Waals surface area contributed by atoms with Gasteiger partial charge in [-0.3, -0.25) is 0 Å². The zero-order chi connectivity index (χ0) is 12.4. The molecular formula is C14H16BrNS. The van der Waals surface area contributed by atoms with Crippen molar-refractivity contribution in [1.82, 2.24) is 0 Å². The van der Waals surface area contributed by atoms with Crippen LogP contribution in [0.5, 0.6) is 0 Å². The largest absolute Gasteiger partial charge is 0.320 e. The normalized spacial score (nSPS) is 12.7. The Morgan fingerprint density at radius 2 is 2.06 bits per heavy atom. The van der Waals surface area contributed by atoms with Crippen LogP contribution in [0.1, 0.15) is 33.8 Å². The van der Waals surface area contributed by atoms with Crippen LogP contribution in [0.25, 0.3) is 0 Å². The van der Waals surface area contributed by atoms with E-state index in [0.717, 1.165) is 10.9 Å². The molecule has 1 heterocycles. The number of hydrogen-bond acceptors (Lipinski definition) is 2. The van der Waals surface area contributed by atoms with Crippen LogP contribution < -0.4 is 5.73 Å². The van der Waals surface area contributed by atoms with Crippen LogP contribution in [-0.4, -0.2) is 0 Å². The topological polar surface area (TPSA) is 26.0 Å². The van der Waals surface area contributed by atoms with Crippen molar-refractivity contribution in [2.45, 2.75) is 26.3 Å². The molecule has 1 nitrogen and oxygen atoms in total. The third-order valence-corrected chi connectivity index (χ3v) is 4.72. The molecule has 0 amide bonds. The van der Waals surface area contributed by atoms with Gasteiger partial charge in [0.25, 0.3) is 0 Å². The second kappa shape index (κ2) is 5.34. The lowest BCUT2D eigenvalue weighted by molar-refractivity contribution is 0.881. The predicted octanol–water partition coefficient (Wildman–Crippen LogP) is 4.43. The molecule has 90 valence electrons. The lowest BCUT2D eigenvalue weighted by Crippen LogP contribution is -2.11. The molecule has 0 aliphatic heterocycles. The van der Waals surface area contributed by atoms with Crippen molar-refractivity contribution in [2.75, 3.05) is 0 Å². The van der Waals surface area contributed by atoms with Gasteiger partial charge in [-0.15, -0.1) is 11.3 Å². The van der Waals surface area contributed by atoms with E-state index in [9.17, 15) is 0 Å². The molecule has 0 radical (unpaired) electrons. The fourth-order valence-corrected chi connectivity index (χ4v) is 3.20. The Kier molecular flexibility index (Phi) is 4.02. The Morgan fingerprint density at radius 1 is 1.29 bits per heavy atom. The summed E-state index contributed by atoms with van der Waals surface area (Å²) in [6, 6.07) is 10.6. The maximum Gasteiger partial charge on any atom is 0.0649 e. The number of nitrogens with two attached hydrogens (primary N) is 1. The highest BCUT2D eigenvalue weighted by Gasteiger charge is 2.13. The van der Waals surface area contributed by atoms with E-state index >= 15 is 0 Å². The number of thiophene rings is 1. The summed E-state index contributed by atoms with van der Waals surface area (Å²) in [5, 5.41) is 0. The van der Waals surface area contributed by atoms with E-state index in [1.54, 1.807) is 0 Å². The first-order valence-corrected chi connectivity index (χ1v) is 7.33. The molecular weight excluding hydrogens is 294 g/mol. The lowest BCUT2D eigenvalue weighted by Gasteiger charge is -2.13. The van der Waals surface area contributed by atoms with Gasteiger partial charge >= 0.3 is 0 Å². The van der Waals surface area contributed by atoms with Crippen LogP contribution in [0.15, 0.2) is 34.8 Å². The van der Waals surface area contributed by atoms with Crippen molar-refractivity contribution in [3.8, 4) is 0 Å². The predicted molar refractivity (Wildman–Crippen MR) is 78.6 cm³/mol. The number of halogens is 1. The van der Waals surface area contributed by atoms with Crippen LogP contribution in [0.4, 0.5) is 0 Å². The molecule has 0 bridgehead atoms. The molecule has 3 heteroatoms. The maximum absolute atomic E-state index is 6.34. The minimum Gasteiger partial charge on any atom is -0.320 e. The number of rotatable bonds is 3. The van der Waals surface area contributed by atoms with Crippen molar-refractivity contribution < 1.29 is 0 Å². The second-order valence-corrected chi connectivity index (χ2v) is 6.25. The minimum absolute atomic E-state index is 0.0159. The van der Waals surface area contributed by atoms with Crippen LogP contribution in [-0.2, 0) is 6.42 Å². The zero-order valence-corrected chi connectivity index (χ0v) is 12.4. The molecule has 0 aliphatic carbocycles. The second-order valence-electron chi connectivity index (χ2n) is 4.14. The summed E-state index contributed by atoms with van der Waals surface area (Å²) in [4.78, 5) is 2.63. The van der Waals surface area contributed by atoms with Crippen molar-refractivity contribution in [3.63, 3.8) is 0 Å². The van der Waals surface area contributed by atoms with E-state index in [4.69, 9.17) is 5.73 Å². The van der Waals surface area contributed by atoms with E-state index in [-0.39, 0.29) is 6.04 Å². The van der Waals surface area contributed by atoms with Gasteiger partial charge in [-0.05, 0) is 48.7 Å². The number of hydrogen-bond donors (Lipinski definition) is 1. The van der Waals surface area contributed by atoms with Crippen molar-refractivity contribution in [1.29, 1.82) is 0 Å². The Labute approximate surface area is 115 Å². The van der Waals surface area contributed by atoms with Crippen LogP contribution in [0.2, 0.25) is 0 Å². The van der Waals surface area contributed by atoms with Gasteiger partial charge < -0.3 is 5.73 Å². The number of aryl methyl sites for hydroxylation is 2. The first-order chi connectivity index (χ1) is 8.11. The Hall–Kier alpha value is -0.640. The summed E-state index contributed by atoms with van der Waals surface area (Å²) in [6.07, 6.45) is 1.08. The van der Waals surface area contributed by atoms with Gasteiger partial charge in [-0.2, -0.15) is 0 Å². The molecule has 1 atom stereocenters. The molecule has 1 aromatic heterocycles. The minimum atomic E-state index is -0.0159. The summed E-state index contributed by atoms with van der Waals surface area (Å²) in [5.41, 5.74) is 8.78. The first-order valence-electron chi connectivity index (χ1n) is 5.72. The van der Waals surface area contributed by atoms with E-state index in [2.05, 4.69) is 60.1 Å². The summed E-state index contributed by atoms with van der Waals surface area (Å²) >= 11 is 5.31. The van der Waals surface area contributed by atoms with E-state index in [0.29, 0.717) is 0 Å². The maximum atomic E-state index is 6.34. The van der Waals surface area contributed by atoms with Crippen molar-refractivity contribution in [3.05, 3.63) is 55.7 Å². The average Bonchev–Trinajstić information content (AvgIpc) is 2.80. The molecule has 0 saturated carbocycles. The molecule has 2 rings (SSSR count). The highest BCUT2D eigenvalue weighted by Crippen LogP contribution is 2.30. The van der Waals surface area contributed by atoms with Gasteiger partial charge in [-0.1, -0.05) is 28.9 Å². The Balaban J connectivity index is 2.35. The molecule has 17 heavy (non-hydrogen) atoms. The Bertz CT molecular complexity index is 519. The van der Waals surface area contributed by atoms with Gasteiger partial charge in [-0.25, -0.2) is 0 Å². The van der Waals surface area contributed by atoms with Gasteiger partial charge in [0.15, 0.2) is 0 Å². The zero-order valence-electron chi connectivity index (χ0n) is 10.0. The number of benzene rings is 1. The molecule has 1 aromatic carbocycles. The molecule has 0 aliphatic rings. The van der Waals surface area contributed by atoms with Crippen LogP contribution in [0, 0.1) is 6.92 Å². The summed E-state index contributed by atoms with van der Waals surface area (Å²) in [5.74, 6) is 0. The van der Waals surface area contributed by atoms with Crippen LogP contribution >= 0.6 is 27.3 Å². The third-order valence-electron chi connectivity index (χ3n) is 2.91. The Morgan fingerprint density at radius 3 is 2.71 bits per heavy atom. The first kappa shape index (κ1) is 12.8. The molecule has 0 spiro atoms. The van der Waals surface area contributed by atoms with Gasteiger partial charge in [0.1, 0.15) is 0 Å². The van der Waals surface area contributed by atoms with Crippen LogP contribution in [0.3, 0.4) is 0 Å². The SMILES string of the molecule is CCc1ccc(C(N)c2cc(Br)ccc2C)s1. The average molecular weight is 310 g/mol.